The Hall–Kier alpha value is -1.78. The topological polar surface area (TPSA) is 72.3 Å². The monoisotopic (exact) mass is 495 g/mol. The third-order valence-corrected chi connectivity index (χ3v) is 7.79. The van der Waals surface area contributed by atoms with E-state index in [9.17, 15) is 26.4 Å². The van der Waals surface area contributed by atoms with E-state index in [0.29, 0.717) is 59.8 Å². The number of alkyl halides is 3. The summed E-state index contributed by atoms with van der Waals surface area (Å²) in [5, 5.41) is 4.69. The predicted molar refractivity (Wildman–Crippen MR) is 108 cm³/mol. The summed E-state index contributed by atoms with van der Waals surface area (Å²) in [6, 6.07) is 4.54. The first-order valence-electron chi connectivity index (χ1n) is 9.64. The summed E-state index contributed by atoms with van der Waals surface area (Å²) in [6.07, 6.45) is 3.31. The number of nitrogens with zero attached hydrogens (tertiary/aromatic N) is 3. The van der Waals surface area contributed by atoms with E-state index in [1.165, 1.54) is 0 Å². The molecule has 12 heteroatoms. The minimum atomic E-state index is -5.62. The fourth-order valence-corrected chi connectivity index (χ4v) is 5.49. The first-order valence-corrected chi connectivity index (χ1v) is 11.8. The summed E-state index contributed by atoms with van der Waals surface area (Å²) < 4.78 is 62.3. The predicted octanol–water partition coefficient (Wildman–Crippen LogP) is 4.36. The van der Waals surface area contributed by atoms with Crippen LogP contribution in [0.5, 0.6) is 0 Å². The van der Waals surface area contributed by atoms with Gasteiger partial charge in [-0.25, -0.2) is 0 Å². The smallest absolute Gasteiger partial charge is 0.334 e. The first-order chi connectivity index (χ1) is 14.5. The van der Waals surface area contributed by atoms with Crippen LogP contribution in [0.15, 0.2) is 24.4 Å². The number of benzene rings is 1. The van der Waals surface area contributed by atoms with Gasteiger partial charge in [-0.2, -0.15) is 30.8 Å². The molecule has 0 bridgehead atoms. The van der Waals surface area contributed by atoms with Gasteiger partial charge in [0, 0.05) is 28.7 Å². The fraction of sp³-hybridized carbons (Fsp3) is 0.474. The molecule has 2 aromatic rings. The van der Waals surface area contributed by atoms with Crippen molar-refractivity contribution in [2.24, 2.45) is 5.92 Å². The normalized spacial score (nSPS) is 22.1. The summed E-state index contributed by atoms with van der Waals surface area (Å²) in [6.45, 7) is 0.397. The Morgan fingerprint density at radius 2 is 1.84 bits per heavy atom. The number of aryl methyl sites for hydroxylation is 1. The highest BCUT2D eigenvalue weighted by atomic mass is 35.5. The van der Waals surface area contributed by atoms with Gasteiger partial charge < -0.3 is 4.90 Å². The van der Waals surface area contributed by atoms with Gasteiger partial charge in [-0.1, -0.05) is 29.3 Å². The summed E-state index contributed by atoms with van der Waals surface area (Å²) in [4.78, 5) is 14.7. The standard InChI is InChI=1S/C19H18Cl2F3N3O3S/c20-14-4-2-5-15(21)13(14)9-11-7-8-26(18(11)28)16-6-1-3-12-10-27(25-17(12)16)31(29,30)19(22,23)24/h2,4-5,10-11,16H,1,3,6-9H2/t11?,16-/m1/s1. The maximum atomic E-state index is 13.1. The molecule has 1 fully saturated rings. The molecule has 2 heterocycles. The van der Waals surface area contributed by atoms with E-state index in [1.54, 1.807) is 23.1 Å². The summed E-state index contributed by atoms with van der Waals surface area (Å²) >= 11 is 12.4. The summed E-state index contributed by atoms with van der Waals surface area (Å²) in [5.74, 6) is -0.536. The van der Waals surface area contributed by atoms with Crippen molar-refractivity contribution in [1.82, 2.24) is 14.1 Å². The highest BCUT2D eigenvalue weighted by Crippen LogP contribution is 2.39. The van der Waals surface area contributed by atoms with Crippen molar-refractivity contribution in [1.29, 1.82) is 0 Å². The third-order valence-electron chi connectivity index (χ3n) is 5.82. The molecule has 0 radical (unpaired) electrons. The Labute approximate surface area is 187 Å². The minimum absolute atomic E-state index is 0.0163. The van der Waals surface area contributed by atoms with Crippen molar-refractivity contribution in [3.8, 4) is 0 Å². The second-order valence-corrected chi connectivity index (χ2v) is 10.3. The highest BCUT2D eigenvalue weighted by Gasteiger charge is 2.49. The van der Waals surface area contributed by atoms with E-state index in [1.807, 2.05) is 0 Å². The van der Waals surface area contributed by atoms with E-state index in [2.05, 4.69) is 5.10 Å². The van der Waals surface area contributed by atoms with Crippen LogP contribution in [-0.4, -0.2) is 40.5 Å². The van der Waals surface area contributed by atoms with Crippen molar-refractivity contribution < 1.29 is 26.4 Å². The van der Waals surface area contributed by atoms with Gasteiger partial charge in [0.1, 0.15) is 0 Å². The maximum Gasteiger partial charge on any atom is 0.518 e. The number of rotatable bonds is 4. The van der Waals surface area contributed by atoms with Gasteiger partial charge in [0.05, 0.1) is 11.7 Å². The van der Waals surface area contributed by atoms with Gasteiger partial charge in [0.25, 0.3) is 0 Å². The molecule has 1 aromatic heterocycles. The number of halogens is 5. The lowest BCUT2D eigenvalue weighted by Gasteiger charge is -2.30. The van der Waals surface area contributed by atoms with Crippen LogP contribution in [0.3, 0.4) is 0 Å². The largest absolute Gasteiger partial charge is 0.518 e. The molecule has 1 aliphatic heterocycles. The lowest BCUT2D eigenvalue weighted by molar-refractivity contribution is -0.133. The molecule has 31 heavy (non-hydrogen) atoms. The number of carbonyl (C=O) groups is 1. The average molecular weight is 496 g/mol. The number of amides is 1. The third kappa shape index (κ3) is 3.93. The van der Waals surface area contributed by atoms with E-state index in [4.69, 9.17) is 23.2 Å². The number of aromatic nitrogens is 2. The van der Waals surface area contributed by atoms with Crippen LogP contribution in [-0.2, 0) is 27.7 Å². The zero-order valence-corrected chi connectivity index (χ0v) is 18.4. The zero-order valence-electron chi connectivity index (χ0n) is 16.1. The van der Waals surface area contributed by atoms with Crippen molar-refractivity contribution in [3.63, 3.8) is 0 Å². The molecule has 1 saturated heterocycles. The molecule has 2 aliphatic rings. The SMILES string of the molecule is O=C1C(Cc2c(Cl)cccc2Cl)CCN1[C@@H]1CCCc2cn(S(=O)(=O)C(F)(F)F)nc21. The van der Waals surface area contributed by atoms with Gasteiger partial charge >= 0.3 is 15.5 Å². The molecule has 0 N–H and O–H groups in total. The van der Waals surface area contributed by atoms with Crippen LogP contribution in [0.4, 0.5) is 13.2 Å². The molecule has 4 rings (SSSR count). The number of carbonyl (C=O) groups excluding carboxylic acids is 1. The number of fused-ring (bicyclic) bond motifs is 1. The average Bonchev–Trinajstić information content (AvgIpc) is 3.28. The number of likely N-dealkylation sites (tertiary alicyclic amines) is 1. The maximum absolute atomic E-state index is 13.1. The lowest BCUT2D eigenvalue weighted by atomic mass is 9.92. The minimum Gasteiger partial charge on any atom is -0.334 e. The number of hydrogen-bond donors (Lipinski definition) is 0. The summed E-state index contributed by atoms with van der Waals surface area (Å²) in [5.41, 5.74) is -4.16. The van der Waals surface area contributed by atoms with Crippen LogP contribution < -0.4 is 0 Å². The second-order valence-electron chi connectivity index (χ2n) is 7.69. The highest BCUT2D eigenvalue weighted by molar-refractivity contribution is 7.90. The Morgan fingerprint density at radius 1 is 1.16 bits per heavy atom. The molecule has 0 spiro atoms. The Kier molecular flexibility index (Phi) is 5.76. The van der Waals surface area contributed by atoms with E-state index >= 15 is 0 Å². The fourth-order valence-electron chi connectivity index (χ4n) is 4.26. The molecule has 0 saturated carbocycles. The van der Waals surface area contributed by atoms with E-state index < -0.39 is 21.6 Å². The Bertz CT molecular complexity index is 1110. The molecule has 1 amide bonds. The van der Waals surface area contributed by atoms with Crippen molar-refractivity contribution in [3.05, 3.63) is 51.3 Å². The van der Waals surface area contributed by atoms with Gasteiger partial charge in [-0.05, 0) is 55.4 Å². The van der Waals surface area contributed by atoms with Gasteiger partial charge in [0.2, 0.25) is 5.91 Å². The molecule has 168 valence electrons. The molecular formula is C19H18Cl2F3N3O3S. The molecule has 1 aromatic carbocycles. The van der Waals surface area contributed by atoms with Gasteiger partial charge in [-0.3, -0.25) is 4.79 Å². The van der Waals surface area contributed by atoms with Crippen LogP contribution in [0.1, 0.15) is 42.1 Å². The quantitative estimate of drug-likeness (QED) is 0.631. The van der Waals surface area contributed by atoms with E-state index in [-0.39, 0.29) is 21.6 Å². The van der Waals surface area contributed by atoms with E-state index in [0.717, 1.165) is 6.20 Å². The van der Waals surface area contributed by atoms with Crippen LogP contribution in [0.25, 0.3) is 0 Å². The first kappa shape index (κ1) is 22.4. The molecule has 6 nitrogen and oxygen atoms in total. The van der Waals surface area contributed by atoms with Gasteiger partial charge in [0.15, 0.2) is 0 Å². The molecular weight excluding hydrogens is 478 g/mol. The number of hydrogen-bond acceptors (Lipinski definition) is 4. The molecule has 1 unspecified atom stereocenters. The van der Waals surface area contributed by atoms with Crippen LogP contribution in [0.2, 0.25) is 10.0 Å². The lowest BCUT2D eigenvalue weighted by Crippen LogP contribution is -2.35. The Balaban J connectivity index is 1.59. The van der Waals surface area contributed by atoms with Crippen molar-refractivity contribution >= 4 is 39.1 Å². The zero-order chi connectivity index (χ0) is 22.6. The van der Waals surface area contributed by atoms with Gasteiger partial charge in [-0.15, -0.1) is 0 Å². The van der Waals surface area contributed by atoms with Crippen molar-refractivity contribution in [2.45, 2.75) is 43.7 Å². The molecule has 2 atom stereocenters. The van der Waals surface area contributed by atoms with Crippen molar-refractivity contribution in [2.75, 3.05) is 6.54 Å². The van der Waals surface area contributed by atoms with Crippen LogP contribution in [0, 0.1) is 5.92 Å². The molecule has 1 aliphatic carbocycles. The van der Waals surface area contributed by atoms with Crippen LogP contribution >= 0.6 is 23.2 Å². The Morgan fingerprint density at radius 3 is 2.48 bits per heavy atom. The summed E-state index contributed by atoms with van der Waals surface area (Å²) in [7, 11) is -5.62. The second kappa shape index (κ2) is 7.97.